The number of amides is 2. The van der Waals surface area contributed by atoms with Gasteiger partial charge in [0, 0.05) is 12.8 Å². The predicted molar refractivity (Wildman–Crippen MR) is 82.5 cm³/mol. The minimum absolute atomic E-state index is 0.0470. The lowest BCUT2D eigenvalue weighted by Crippen LogP contribution is -2.47. The maximum absolute atomic E-state index is 11.9. The molecule has 0 aliphatic carbocycles. The zero-order valence-corrected chi connectivity index (χ0v) is 13.4. The van der Waals surface area contributed by atoms with Crippen LogP contribution < -0.4 is 5.43 Å². The summed E-state index contributed by atoms with van der Waals surface area (Å²) in [6, 6.07) is 9.09. The molecule has 126 valence electrons. The van der Waals surface area contributed by atoms with E-state index in [0.29, 0.717) is 18.0 Å². The van der Waals surface area contributed by atoms with Crippen molar-refractivity contribution < 1.29 is 24.0 Å². The second-order valence-corrected chi connectivity index (χ2v) is 4.82. The van der Waals surface area contributed by atoms with E-state index < -0.39 is 18.0 Å². The van der Waals surface area contributed by atoms with Gasteiger partial charge in [-0.2, -0.15) is 5.43 Å². The van der Waals surface area contributed by atoms with Crippen molar-refractivity contribution >= 4 is 18.0 Å². The van der Waals surface area contributed by atoms with Gasteiger partial charge in [-0.3, -0.25) is 4.79 Å². The Labute approximate surface area is 135 Å². The SMILES string of the molecule is CCCC(=O)ON(NC(=O)OCc1ccccc1)C(=O)CCC. The molecule has 0 aliphatic rings. The molecular weight excluding hydrogens is 300 g/mol. The zero-order chi connectivity index (χ0) is 17.1. The lowest BCUT2D eigenvalue weighted by Gasteiger charge is -2.20. The van der Waals surface area contributed by atoms with Crippen LogP contribution in [0.5, 0.6) is 0 Å². The van der Waals surface area contributed by atoms with Crippen molar-refractivity contribution in [2.75, 3.05) is 0 Å². The van der Waals surface area contributed by atoms with Gasteiger partial charge in [0.05, 0.1) is 0 Å². The van der Waals surface area contributed by atoms with Crippen LogP contribution in [0.2, 0.25) is 0 Å². The van der Waals surface area contributed by atoms with Gasteiger partial charge >= 0.3 is 12.1 Å². The third kappa shape index (κ3) is 7.30. The largest absolute Gasteiger partial charge is 0.443 e. The highest BCUT2D eigenvalue weighted by Crippen LogP contribution is 2.03. The Morgan fingerprint density at radius 1 is 1.04 bits per heavy atom. The van der Waals surface area contributed by atoms with Crippen molar-refractivity contribution in [1.29, 1.82) is 0 Å². The molecule has 1 N–H and O–H groups in total. The fourth-order valence-corrected chi connectivity index (χ4v) is 1.64. The summed E-state index contributed by atoms with van der Waals surface area (Å²) < 4.78 is 4.99. The average Bonchev–Trinajstić information content (AvgIpc) is 2.54. The zero-order valence-electron chi connectivity index (χ0n) is 13.4. The van der Waals surface area contributed by atoms with Gasteiger partial charge in [0.15, 0.2) is 0 Å². The highest BCUT2D eigenvalue weighted by Gasteiger charge is 2.21. The standard InChI is InChI=1S/C16H22N2O5/c1-3-8-14(19)18(23-15(20)9-4-2)17-16(21)22-12-13-10-6-5-7-11-13/h5-7,10-11H,3-4,8-9,12H2,1-2H3,(H,17,21). The van der Waals surface area contributed by atoms with Gasteiger partial charge in [-0.25, -0.2) is 9.59 Å². The van der Waals surface area contributed by atoms with Crippen LogP contribution in [-0.4, -0.2) is 23.1 Å². The van der Waals surface area contributed by atoms with E-state index in [1.165, 1.54) is 0 Å². The summed E-state index contributed by atoms with van der Waals surface area (Å²) in [5.41, 5.74) is 2.94. The molecule has 7 nitrogen and oxygen atoms in total. The number of ether oxygens (including phenoxy) is 1. The molecule has 0 radical (unpaired) electrons. The molecule has 0 atom stereocenters. The van der Waals surface area contributed by atoms with Crippen LogP contribution in [0.3, 0.4) is 0 Å². The third-order valence-electron chi connectivity index (χ3n) is 2.74. The Morgan fingerprint density at radius 3 is 2.30 bits per heavy atom. The van der Waals surface area contributed by atoms with Gasteiger partial charge in [-0.15, -0.1) is 0 Å². The maximum atomic E-state index is 11.9. The molecule has 0 bridgehead atoms. The Kier molecular flexibility index (Phi) is 8.20. The molecule has 0 saturated carbocycles. The molecule has 0 fully saturated rings. The number of hydrogen-bond acceptors (Lipinski definition) is 5. The molecule has 1 aromatic carbocycles. The molecule has 0 unspecified atom stereocenters. The summed E-state index contributed by atoms with van der Waals surface area (Å²) in [5.74, 6) is -1.12. The number of rotatable bonds is 6. The summed E-state index contributed by atoms with van der Waals surface area (Å²) >= 11 is 0. The van der Waals surface area contributed by atoms with Crippen molar-refractivity contribution in [3.8, 4) is 0 Å². The van der Waals surface area contributed by atoms with Gasteiger partial charge in [0.2, 0.25) is 0 Å². The van der Waals surface area contributed by atoms with E-state index >= 15 is 0 Å². The van der Waals surface area contributed by atoms with Gasteiger partial charge in [0.1, 0.15) is 6.61 Å². The maximum Gasteiger partial charge on any atom is 0.429 e. The first-order valence-electron chi connectivity index (χ1n) is 7.57. The highest BCUT2D eigenvalue weighted by atomic mass is 16.8. The number of nitrogens with one attached hydrogen (secondary N) is 1. The topological polar surface area (TPSA) is 84.9 Å². The van der Waals surface area contributed by atoms with Crippen molar-refractivity contribution in [3.05, 3.63) is 35.9 Å². The number of hydroxylamine groups is 1. The summed E-state index contributed by atoms with van der Waals surface area (Å²) in [7, 11) is 0. The van der Waals surface area contributed by atoms with Crippen molar-refractivity contribution in [3.63, 3.8) is 0 Å². The number of nitrogens with zero attached hydrogens (tertiary/aromatic N) is 1. The summed E-state index contributed by atoms with van der Waals surface area (Å²) in [6.07, 6.45) is 0.548. The Hall–Kier alpha value is -2.57. The fraction of sp³-hybridized carbons (Fsp3) is 0.438. The Morgan fingerprint density at radius 2 is 1.70 bits per heavy atom. The van der Waals surface area contributed by atoms with Crippen LogP contribution in [0.25, 0.3) is 0 Å². The van der Waals surface area contributed by atoms with E-state index in [-0.39, 0.29) is 19.4 Å². The molecule has 1 rings (SSSR count). The number of benzene rings is 1. The monoisotopic (exact) mass is 322 g/mol. The highest BCUT2D eigenvalue weighted by molar-refractivity contribution is 5.80. The second kappa shape index (κ2) is 10.2. The molecule has 0 saturated heterocycles. The van der Waals surface area contributed by atoms with E-state index in [9.17, 15) is 14.4 Å². The molecule has 7 heteroatoms. The molecule has 0 heterocycles. The van der Waals surface area contributed by atoms with E-state index in [1.807, 2.05) is 18.2 Å². The molecule has 1 aromatic rings. The minimum Gasteiger partial charge on any atom is -0.443 e. The molecule has 23 heavy (non-hydrogen) atoms. The van der Waals surface area contributed by atoms with Crippen LogP contribution in [0.15, 0.2) is 30.3 Å². The van der Waals surface area contributed by atoms with E-state index in [1.54, 1.807) is 26.0 Å². The van der Waals surface area contributed by atoms with E-state index in [2.05, 4.69) is 5.43 Å². The lowest BCUT2D eigenvalue weighted by atomic mass is 10.2. The van der Waals surface area contributed by atoms with Crippen LogP contribution in [0.4, 0.5) is 4.79 Å². The van der Waals surface area contributed by atoms with Crippen molar-refractivity contribution in [2.45, 2.75) is 46.1 Å². The fourth-order valence-electron chi connectivity index (χ4n) is 1.64. The normalized spacial score (nSPS) is 9.83. The smallest absolute Gasteiger partial charge is 0.429 e. The second-order valence-electron chi connectivity index (χ2n) is 4.82. The number of hydrogen-bond donors (Lipinski definition) is 1. The average molecular weight is 322 g/mol. The van der Waals surface area contributed by atoms with E-state index in [4.69, 9.17) is 9.57 Å². The summed E-state index contributed by atoms with van der Waals surface area (Å²) in [6.45, 7) is 3.66. The molecular formula is C16H22N2O5. The molecule has 2 amide bonds. The molecule has 0 spiro atoms. The van der Waals surface area contributed by atoms with Gasteiger partial charge in [0.25, 0.3) is 5.91 Å². The van der Waals surface area contributed by atoms with Crippen LogP contribution in [0, 0.1) is 0 Å². The predicted octanol–water partition coefficient (Wildman–Crippen LogP) is 2.71. The minimum atomic E-state index is -0.873. The van der Waals surface area contributed by atoms with Crippen LogP contribution in [-0.2, 0) is 25.8 Å². The quantitative estimate of drug-likeness (QED) is 0.814. The Balaban J connectivity index is 2.55. The number of carbonyl (C=O) groups excluding carboxylic acids is 3. The van der Waals surface area contributed by atoms with E-state index in [0.717, 1.165) is 5.56 Å². The van der Waals surface area contributed by atoms with Crippen molar-refractivity contribution in [1.82, 2.24) is 10.6 Å². The van der Waals surface area contributed by atoms with Gasteiger partial charge < -0.3 is 9.57 Å². The molecule has 0 aromatic heterocycles. The number of hydrazine groups is 1. The van der Waals surface area contributed by atoms with Crippen molar-refractivity contribution in [2.24, 2.45) is 0 Å². The van der Waals surface area contributed by atoms with Gasteiger partial charge in [-0.1, -0.05) is 49.4 Å². The van der Waals surface area contributed by atoms with Gasteiger partial charge in [-0.05, 0) is 18.4 Å². The third-order valence-corrected chi connectivity index (χ3v) is 2.74. The first-order chi connectivity index (χ1) is 11.1. The Bertz CT molecular complexity index is 518. The lowest BCUT2D eigenvalue weighted by molar-refractivity contribution is -0.208. The first kappa shape index (κ1) is 18.5. The van der Waals surface area contributed by atoms with Crippen LogP contribution in [0.1, 0.15) is 45.1 Å². The summed E-state index contributed by atoms with van der Waals surface area (Å²) in [5, 5.41) is 0.550. The number of carbonyl (C=O) groups is 3. The summed E-state index contributed by atoms with van der Waals surface area (Å²) in [4.78, 5) is 40.0. The first-order valence-corrected chi connectivity index (χ1v) is 7.57. The molecule has 0 aliphatic heterocycles. The van der Waals surface area contributed by atoms with Crippen LogP contribution >= 0.6 is 0 Å².